The molecule has 3 heteroatoms. The zero-order valence-electron chi connectivity index (χ0n) is 7.61. The van der Waals surface area contributed by atoms with Gasteiger partial charge in [0.05, 0.1) is 11.0 Å². The second-order valence-corrected chi connectivity index (χ2v) is 4.04. The van der Waals surface area contributed by atoms with Crippen LogP contribution in [0.4, 0.5) is 0 Å². The van der Waals surface area contributed by atoms with E-state index in [0.29, 0.717) is 0 Å². The lowest BCUT2D eigenvalue weighted by atomic mass is 10.1. The van der Waals surface area contributed by atoms with Gasteiger partial charge in [-0.2, -0.15) is 0 Å². The van der Waals surface area contributed by atoms with E-state index in [9.17, 15) is 0 Å². The van der Waals surface area contributed by atoms with Gasteiger partial charge in [-0.3, -0.25) is 0 Å². The van der Waals surface area contributed by atoms with Crippen LogP contribution in [0.3, 0.4) is 0 Å². The molecule has 1 N–H and O–H groups in total. The molecule has 2 aromatic rings. The lowest BCUT2D eigenvalue weighted by Gasteiger charge is -2.02. The van der Waals surface area contributed by atoms with Gasteiger partial charge in [0.15, 0.2) is 0 Å². The van der Waals surface area contributed by atoms with Crippen molar-refractivity contribution in [2.45, 2.75) is 13.8 Å². The second-order valence-electron chi connectivity index (χ2n) is 3.19. The van der Waals surface area contributed by atoms with Crippen LogP contribution in [-0.2, 0) is 0 Å². The summed E-state index contributed by atoms with van der Waals surface area (Å²) in [6.07, 6.45) is 0. The molecule has 0 atom stereocenters. The van der Waals surface area contributed by atoms with E-state index in [1.807, 2.05) is 6.07 Å². The Bertz CT molecular complexity index is 471. The molecule has 0 spiro atoms. The molecule has 13 heavy (non-hydrogen) atoms. The number of fused-ring (bicyclic) bond motifs is 1. The molecule has 0 amide bonds. The third-order valence-electron chi connectivity index (χ3n) is 2.33. The van der Waals surface area contributed by atoms with Gasteiger partial charge in [-0.15, -0.1) is 0 Å². The van der Waals surface area contributed by atoms with E-state index >= 15 is 0 Å². The number of benzene rings is 1. The van der Waals surface area contributed by atoms with Gasteiger partial charge in [-0.05, 0) is 31.0 Å². The van der Waals surface area contributed by atoms with Crippen molar-refractivity contribution < 1.29 is 0 Å². The molecule has 0 unspecified atom stereocenters. The molecule has 1 aromatic carbocycles. The molecule has 2 rings (SSSR count). The van der Waals surface area contributed by atoms with Gasteiger partial charge >= 0.3 is 0 Å². The Morgan fingerprint density at radius 1 is 1.38 bits per heavy atom. The smallest absolute Gasteiger partial charge is 0.107 e. The number of imidazole rings is 1. The first-order valence-electron chi connectivity index (χ1n) is 4.07. The number of H-pyrrole nitrogens is 1. The molecule has 0 bridgehead atoms. The van der Waals surface area contributed by atoms with Crippen LogP contribution >= 0.6 is 15.9 Å². The molecule has 1 heterocycles. The Kier molecular flexibility index (Phi) is 1.91. The van der Waals surface area contributed by atoms with E-state index in [1.54, 1.807) is 0 Å². The fraction of sp³-hybridized carbons (Fsp3) is 0.200. The molecule has 0 aliphatic heterocycles. The highest BCUT2D eigenvalue weighted by Crippen LogP contribution is 2.26. The van der Waals surface area contributed by atoms with Crippen LogP contribution < -0.4 is 0 Å². The first kappa shape index (κ1) is 8.75. The van der Waals surface area contributed by atoms with Crippen molar-refractivity contribution in [3.05, 3.63) is 34.4 Å². The summed E-state index contributed by atoms with van der Waals surface area (Å²) in [6.45, 7) is 7.93. The molecule has 67 valence electrons. The van der Waals surface area contributed by atoms with E-state index in [0.717, 1.165) is 21.3 Å². The fourth-order valence-electron chi connectivity index (χ4n) is 1.42. The van der Waals surface area contributed by atoms with Gasteiger partial charge in [-0.25, -0.2) is 4.98 Å². The molecule has 1 aromatic heterocycles. The molecule has 0 saturated heterocycles. The second kappa shape index (κ2) is 2.84. The van der Waals surface area contributed by atoms with E-state index in [-0.39, 0.29) is 0 Å². The number of nitrogens with zero attached hydrogens (tertiary/aromatic N) is 1. The van der Waals surface area contributed by atoms with Crippen LogP contribution in [-0.4, -0.2) is 9.97 Å². The van der Waals surface area contributed by atoms with Crippen molar-refractivity contribution in [3.63, 3.8) is 0 Å². The minimum atomic E-state index is 0.718. The summed E-state index contributed by atoms with van der Waals surface area (Å²) in [5.41, 5.74) is 4.50. The maximum atomic E-state index is 4.33. The topological polar surface area (TPSA) is 28.7 Å². The summed E-state index contributed by atoms with van der Waals surface area (Å²) < 4.78 is 1.11. The van der Waals surface area contributed by atoms with Crippen LogP contribution in [0.1, 0.15) is 17.0 Å². The number of nitrogens with one attached hydrogen (secondary N) is 1. The molecular formula is C10H10BrN2. The molecule has 0 fully saturated rings. The number of aromatic amines is 1. The van der Waals surface area contributed by atoms with Crippen molar-refractivity contribution in [2.75, 3.05) is 0 Å². The van der Waals surface area contributed by atoms with Gasteiger partial charge in [0.1, 0.15) is 5.82 Å². The molecular weight excluding hydrogens is 228 g/mol. The third kappa shape index (κ3) is 1.27. The predicted molar refractivity (Wildman–Crippen MR) is 57.7 cm³/mol. The average molecular weight is 238 g/mol. The van der Waals surface area contributed by atoms with E-state index in [2.05, 4.69) is 46.7 Å². The van der Waals surface area contributed by atoms with Gasteiger partial charge in [0.25, 0.3) is 0 Å². The quantitative estimate of drug-likeness (QED) is 0.750. The van der Waals surface area contributed by atoms with Crippen LogP contribution in [0.2, 0.25) is 0 Å². The van der Waals surface area contributed by atoms with E-state index in [4.69, 9.17) is 0 Å². The highest BCUT2D eigenvalue weighted by Gasteiger charge is 2.07. The average Bonchev–Trinajstić information content (AvgIpc) is 2.42. The molecule has 0 aliphatic carbocycles. The third-order valence-corrected chi connectivity index (χ3v) is 3.15. The summed E-state index contributed by atoms with van der Waals surface area (Å²) in [6, 6.07) is 2.04. The summed E-state index contributed by atoms with van der Waals surface area (Å²) >= 11 is 3.51. The molecule has 2 nitrogen and oxygen atoms in total. The van der Waals surface area contributed by atoms with Crippen molar-refractivity contribution in [1.82, 2.24) is 9.97 Å². The van der Waals surface area contributed by atoms with E-state index in [1.165, 1.54) is 11.1 Å². The van der Waals surface area contributed by atoms with Crippen molar-refractivity contribution in [1.29, 1.82) is 0 Å². The zero-order chi connectivity index (χ0) is 9.59. The first-order valence-corrected chi connectivity index (χ1v) is 4.86. The molecule has 1 radical (unpaired) electrons. The van der Waals surface area contributed by atoms with Crippen molar-refractivity contribution >= 4 is 27.0 Å². The SMILES string of the molecule is [CH2]c1nc2c(C)c(C)c(Br)cc2[nH]1. The molecule has 0 saturated carbocycles. The van der Waals surface area contributed by atoms with Crippen LogP contribution in [0.25, 0.3) is 11.0 Å². The Hall–Kier alpha value is -0.830. The maximum absolute atomic E-state index is 4.33. The summed E-state index contributed by atoms with van der Waals surface area (Å²) in [4.78, 5) is 7.44. The Morgan fingerprint density at radius 2 is 2.08 bits per heavy atom. The number of hydrogen-bond acceptors (Lipinski definition) is 1. The summed E-state index contributed by atoms with van der Waals surface area (Å²) in [5.74, 6) is 0.718. The van der Waals surface area contributed by atoms with Crippen molar-refractivity contribution in [2.24, 2.45) is 0 Å². The van der Waals surface area contributed by atoms with Gasteiger partial charge in [0.2, 0.25) is 0 Å². The number of aromatic nitrogens is 2. The Balaban J connectivity index is 2.92. The number of hydrogen-bond donors (Lipinski definition) is 1. The number of aryl methyl sites for hydroxylation is 1. The Morgan fingerprint density at radius 3 is 2.77 bits per heavy atom. The van der Waals surface area contributed by atoms with E-state index < -0.39 is 0 Å². The fourth-order valence-corrected chi connectivity index (χ4v) is 1.95. The number of rotatable bonds is 0. The lowest BCUT2D eigenvalue weighted by molar-refractivity contribution is 1.25. The monoisotopic (exact) mass is 237 g/mol. The normalized spacial score (nSPS) is 11.1. The molecule has 0 aliphatic rings. The maximum Gasteiger partial charge on any atom is 0.107 e. The summed E-state index contributed by atoms with van der Waals surface area (Å²) in [7, 11) is 0. The standard InChI is InChI=1S/C10H10BrN2/c1-5-6(2)10-9(4-8(5)11)12-7(3)13-10/h4H,3H2,1-2H3,(H,12,13). The van der Waals surface area contributed by atoms with Crippen LogP contribution in [0.5, 0.6) is 0 Å². The highest BCUT2D eigenvalue weighted by molar-refractivity contribution is 9.10. The Labute approximate surface area is 85.5 Å². The first-order chi connectivity index (χ1) is 6.09. The minimum Gasteiger partial charge on any atom is -0.342 e. The van der Waals surface area contributed by atoms with Gasteiger partial charge < -0.3 is 4.98 Å². The van der Waals surface area contributed by atoms with Crippen molar-refractivity contribution in [3.8, 4) is 0 Å². The predicted octanol–water partition coefficient (Wildman–Crippen LogP) is 3.12. The summed E-state index contributed by atoms with van der Waals surface area (Å²) in [5, 5.41) is 0. The highest BCUT2D eigenvalue weighted by atomic mass is 79.9. The van der Waals surface area contributed by atoms with Crippen LogP contribution in [0.15, 0.2) is 10.5 Å². The van der Waals surface area contributed by atoms with Gasteiger partial charge in [-0.1, -0.05) is 15.9 Å². The van der Waals surface area contributed by atoms with Crippen LogP contribution in [0, 0.1) is 20.8 Å². The zero-order valence-corrected chi connectivity index (χ0v) is 9.20. The minimum absolute atomic E-state index is 0.718. The van der Waals surface area contributed by atoms with Gasteiger partial charge in [0, 0.05) is 11.4 Å². The largest absolute Gasteiger partial charge is 0.342 e. The number of halogens is 1. The lowest BCUT2D eigenvalue weighted by Crippen LogP contribution is -1.84.